The highest BCUT2D eigenvalue weighted by atomic mass is 32.1. The highest BCUT2D eigenvalue weighted by Gasteiger charge is 2.24. The Kier molecular flexibility index (Phi) is 8.47. The standard InChI is InChI=1S/C26H30N8O2S/c1-18(35)28-11-12-29-22-17-23(32-24(31-22)19-5-3-2-4-6-19)33-13-15-34(16-14-33)25(36)20-7-9-21(10-8-20)30-26(27)37/h2-10,17H,11-16H2,1H3,(H,28,35)(H3,27,30,37)(H,29,31,32). The maximum atomic E-state index is 13.0. The molecule has 0 aliphatic carbocycles. The molecular formula is C26H30N8O2S. The SMILES string of the molecule is CC(=O)NCCNc1cc(N2CCN(C(=O)c3ccc(NC(N)=S)cc3)CC2)nc(-c2ccccc2)n1. The van der Waals surface area contributed by atoms with Gasteiger partial charge in [0.2, 0.25) is 5.91 Å². The third kappa shape index (κ3) is 7.14. The monoisotopic (exact) mass is 518 g/mol. The summed E-state index contributed by atoms with van der Waals surface area (Å²) in [7, 11) is 0. The molecule has 0 saturated carbocycles. The van der Waals surface area contributed by atoms with Gasteiger partial charge < -0.3 is 31.5 Å². The second-order valence-electron chi connectivity index (χ2n) is 8.56. The fraction of sp³-hybridized carbons (Fsp3) is 0.269. The first-order valence-corrected chi connectivity index (χ1v) is 12.4. The summed E-state index contributed by atoms with van der Waals surface area (Å²) in [6.07, 6.45) is 0. The van der Waals surface area contributed by atoms with E-state index in [1.807, 2.05) is 41.3 Å². The third-order valence-electron chi connectivity index (χ3n) is 5.84. The molecule has 0 atom stereocenters. The van der Waals surface area contributed by atoms with E-state index in [-0.39, 0.29) is 16.9 Å². The molecule has 11 heteroatoms. The molecular weight excluding hydrogens is 488 g/mol. The Morgan fingerprint density at radius 2 is 1.68 bits per heavy atom. The number of nitrogens with zero attached hydrogens (tertiary/aromatic N) is 4. The van der Waals surface area contributed by atoms with Gasteiger partial charge >= 0.3 is 0 Å². The molecule has 1 fully saturated rings. The van der Waals surface area contributed by atoms with Gasteiger partial charge in [0.15, 0.2) is 10.9 Å². The van der Waals surface area contributed by atoms with Gasteiger partial charge in [0.1, 0.15) is 11.6 Å². The van der Waals surface area contributed by atoms with E-state index in [1.165, 1.54) is 6.92 Å². The summed E-state index contributed by atoms with van der Waals surface area (Å²) in [6, 6.07) is 18.8. The van der Waals surface area contributed by atoms with Crippen LogP contribution in [0.3, 0.4) is 0 Å². The summed E-state index contributed by atoms with van der Waals surface area (Å²) in [5.74, 6) is 1.99. The number of nitrogens with one attached hydrogen (secondary N) is 3. The maximum Gasteiger partial charge on any atom is 0.253 e. The van der Waals surface area contributed by atoms with Crippen LogP contribution in [0.2, 0.25) is 0 Å². The molecule has 2 aromatic carbocycles. The molecule has 0 unspecified atom stereocenters. The minimum Gasteiger partial charge on any atom is -0.376 e. The quantitative estimate of drug-likeness (QED) is 0.262. The lowest BCUT2D eigenvalue weighted by atomic mass is 10.1. The molecule has 0 spiro atoms. The summed E-state index contributed by atoms with van der Waals surface area (Å²) < 4.78 is 0. The number of amides is 2. The number of thiocarbonyl (C=S) groups is 1. The van der Waals surface area contributed by atoms with Gasteiger partial charge in [-0.15, -0.1) is 0 Å². The predicted molar refractivity (Wildman–Crippen MR) is 150 cm³/mol. The van der Waals surface area contributed by atoms with Crippen LogP contribution >= 0.6 is 12.2 Å². The smallest absolute Gasteiger partial charge is 0.253 e. The van der Waals surface area contributed by atoms with Gasteiger partial charge in [0.25, 0.3) is 5.91 Å². The number of rotatable bonds is 8. The van der Waals surface area contributed by atoms with Crippen LogP contribution in [0.5, 0.6) is 0 Å². The Hall–Kier alpha value is -4.25. The van der Waals surface area contributed by atoms with Crippen molar-refractivity contribution in [3.63, 3.8) is 0 Å². The first-order chi connectivity index (χ1) is 17.9. The highest BCUT2D eigenvalue weighted by molar-refractivity contribution is 7.80. The minimum atomic E-state index is -0.0742. The number of benzene rings is 2. The van der Waals surface area contributed by atoms with Crippen molar-refractivity contribution in [2.45, 2.75) is 6.92 Å². The molecule has 1 aromatic heterocycles. The van der Waals surface area contributed by atoms with Gasteiger partial charge in [0, 0.05) is 69.1 Å². The van der Waals surface area contributed by atoms with E-state index in [4.69, 9.17) is 22.9 Å². The molecule has 10 nitrogen and oxygen atoms in total. The molecule has 2 amide bonds. The molecule has 3 aromatic rings. The van der Waals surface area contributed by atoms with Crippen LogP contribution in [0.15, 0.2) is 60.7 Å². The molecule has 5 N–H and O–H groups in total. The summed E-state index contributed by atoms with van der Waals surface area (Å²) in [4.78, 5) is 37.7. The van der Waals surface area contributed by atoms with E-state index in [1.54, 1.807) is 24.3 Å². The van der Waals surface area contributed by atoms with Crippen molar-refractivity contribution in [3.05, 3.63) is 66.2 Å². The second kappa shape index (κ2) is 12.1. The number of anilines is 3. The zero-order valence-electron chi connectivity index (χ0n) is 20.6. The first-order valence-electron chi connectivity index (χ1n) is 12.0. The first kappa shape index (κ1) is 25.8. The number of carbonyl (C=O) groups excluding carboxylic acids is 2. The lowest BCUT2D eigenvalue weighted by Crippen LogP contribution is -2.49. The summed E-state index contributed by atoms with van der Waals surface area (Å²) in [5.41, 5.74) is 7.77. The molecule has 1 aliphatic rings. The van der Waals surface area contributed by atoms with Crippen LogP contribution in [-0.2, 0) is 4.79 Å². The van der Waals surface area contributed by atoms with Gasteiger partial charge in [-0.25, -0.2) is 9.97 Å². The maximum absolute atomic E-state index is 13.0. The molecule has 192 valence electrons. The zero-order chi connectivity index (χ0) is 26.2. The third-order valence-corrected chi connectivity index (χ3v) is 5.94. The number of hydrogen-bond donors (Lipinski definition) is 4. The normalized spacial score (nSPS) is 13.1. The summed E-state index contributed by atoms with van der Waals surface area (Å²) in [5, 5.41) is 9.09. The minimum absolute atomic E-state index is 0.0190. The lowest BCUT2D eigenvalue weighted by molar-refractivity contribution is -0.118. The van der Waals surface area contributed by atoms with Gasteiger partial charge in [0.05, 0.1) is 0 Å². The molecule has 37 heavy (non-hydrogen) atoms. The van der Waals surface area contributed by atoms with Crippen LogP contribution in [0.25, 0.3) is 11.4 Å². The van der Waals surface area contributed by atoms with E-state index >= 15 is 0 Å². The molecule has 0 bridgehead atoms. The Labute approximate surface area is 221 Å². The summed E-state index contributed by atoms with van der Waals surface area (Å²) >= 11 is 4.85. The Bertz CT molecular complexity index is 1250. The van der Waals surface area contributed by atoms with Gasteiger partial charge in [-0.05, 0) is 36.5 Å². The molecule has 1 aliphatic heterocycles. The van der Waals surface area contributed by atoms with E-state index in [0.717, 1.165) is 17.1 Å². The van der Waals surface area contributed by atoms with Crippen LogP contribution in [-0.4, -0.2) is 71.1 Å². The van der Waals surface area contributed by atoms with E-state index in [2.05, 4.69) is 25.8 Å². The van der Waals surface area contributed by atoms with Crippen molar-refractivity contribution >= 4 is 46.5 Å². The number of hydrogen-bond acceptors (Lipinski definition) is 7. The molecule has 2 heterocycles. The molecule has 4 rings (SSSR count). The zero-order valence-corrected chi connectivity index (χ0v) is 21.4. The highest BCUT2D eigenvalue weighted by Crippen LogP contribution is 2.24. The van der Waals surface area contributed by atoms with E-state index in [0.29, 0.717) is 56.5 Å². The van der Waals surface area contributed by atoms with Crippen molar-refractivity contribution in [2.24, 2.45) is 5.73 Å². The average Bonchev–Trinajstić information content (AvgIpc) is 2.91. The predicted octanol–water partition coefficient (Wildman–Crippen LogP) is 2.31. The average molecular weight is 519 g/mol. The van der Waals surface area contributed by atoms with Gasteiger partial charge in [-0.3, -0.25) is 9.59 Å². The number of piperazine rings is 1. The van der Waals surface area contributed by atoms with Crippen molar-refractivity contribution in [1.29, 1.82) is 0 Å². The van der Waals surface area contributed by atoms with Gasteiger partial charge in [-0.2, -0.15) is 0 Å². The Morgan fingerprint density at radius 1 is 0.973 bits per heavy atom. The summed E-state index contributed by atoms with van der Waals surface area (Å²) in [6.45, 7) is 4.95. The van der Waals surface area contributed by atoms with E-state index in [9.17, 15) is 9.59 Å². The lowest BCUT2D eigenvalue weighted by Gasteiger charge is -2.35. The van der Waals surface area contributed by atoms with Crippen molar-refractivity contribution in [2.75, 3.05) is 54.8 Å². The topological polar surface area (TPSA) is 129 Å². The number of nitrogens with two attached hydrogens (primary N) is 1. The van der Waals surface area contributed by atoms with Crippen LogP contribution < -0.4 is 26.6 Å². The molecule has 1 saturated heterocycles. The van der Waals surface area contributed by atoms with E-state index < -0.39 is 0 Å². The fourth-order valence-corrected chi connectivity index (χ4v) is 4.11. The van der Waals surface area contributed by atoms with Crippen molar-refractivity contribution < 1.29 is 9.59 Å². The number of carbonyl (C=O) groups is 2. The van der Waals surface area contributed by atoms with Crippen LogP contribution in [0.4, 0.5) is 17.3 Å². The fourth-order valence-electron chi connectivity index (χ4n) is 3.99. The van der Waals surface area contributed by atoms with Crippen LogP contribution in [0, 0.1) is 0 Å². The molecule has 0 radical (unpaired) electrons. The van der Waals surface area contributed by atoms with Crippen molar-refractivity contribution in [3.8, 4) is 11.4 Å². The Balaban J connectivity index is 1.44. The van der Waals surface area contributed by atoms with Crippen molar-refractivity contribution in [1.82, 2.24) is 20.2 Å². The second-order valence-corrected chi connectivity index (χ2v) is 9.00. The Morgan fingerprint density at radius 3 is 2.32 bits per heavy atom. The van der Waals surface area contributed by atoms with Crippen LogP contribution in [0.1, 0.15) is 17.3 Å². The van der Waals surface area contributed by atoms with Gasteiger partial charge in [-0.1, -0.05) is 30.3 Å². The largest absolute Gasteiger partial charge is 0.376 e. The number of aromatic nitrogens is 2.